The number of nitrogens with one attached hydrogen (secondary N) is 1. The van der Waals surface area contributed by atoms with Crippen LogP contribution in [0.3, 0.4) is 0 Å². The molecule has 0 unspecified atom stereocenters. The Hall–Kier alpha value is -2.56. The van der Waals surface area contributed by atoms with Crippen LogP contribution in [0.5, 0.6) is 11.5 Å². The van der Waals surface area contributed by atoms with E-state index in [1.807, 2.05) is 32.0 Å². The highest BCUT2D eigenvalue weighted by molar-refractivity contribution is 5.98. The van der Waals surface area contributed by atoms with Gasteiger partial charge in [-0.2, -0.15) is 0 Å². The molecular formula is C18H18FNO3. The van der Waals surface area contributed by atoms with Gasteiger partial charge in [0.25, 0.3) is 0 Å². The van der Waals surface area contributed by atoms with Gasteiger partial charge in [-0.15, -0.1) is 0 Å². The summed E-state index contributed by atoms with van der Waals surface area (Å²) in [5.74, 6) is 0.820. The van der Waals surface area contributed by atoms with Crippen molar-refractivity contribution in [3.05, 3.63) is 53.8 Å². The number of ether oxygens (including phenoxy) is 2. The van der Waals surface area contributed by atoms with Crippen LogP contribution < -0.4 is 14.8 Å². The van der Waals surface area contributed by atoms with Crippen molar-refractivity contribution in [1.82, 2.24) is 0 Å². The number of fused-ring (bicyclic) bond motifs is 1. The van der Waals surface area contributed by atoms with Gasteiger partial charge in [0.1, 0.15) is 19.0 Å². The molecule has 2 aromatic rings. The van der Waals surface area contributed by atoms with E-state index >= 15 is 0 Å². The molecule has 0 spiro atoms. The predicted molar refractivity (Wildman–Crippen MR) is 85.5 cm³/mol. The lowest BCUT2D eigenvalue weighted by atomic mass is 9.83. The van der Waals surface area contributed by atoms with Crippen molar-refractivity contribution < 1.29 is 18.7 Å². The normalized spacial score (nSPS) is 13.5. The molecule has 120 valence electrons. The summed E-state index contributed by atoms with van der Waals surface area (Å²) in [5.41, 5.74) is 0.605. The molecule has 0 fully saturated rings. The van der Waals surface area contributed by atoms with Gasteiger partial charge in [0, 0.05) is 5.69 Å². The molecule has 1 aliphatic heterocycles. The Labute approximate surface area is 134 Å². The van der Waals surface area contributed by atoms with Gasteiger partial charge in [-0.1, -0.05) is 6.07 Å². The number of anilines is 1. The third-order valence-corrected chi connectivity index (χ3v) is 3.93. The molecule has 1 amide bonds. The van der Waals surface area contributed by atoms with E-state index in [9.17, 15) is 9.18 Å². The van der Waals surface area contributed by atoms with E-state index < -0.39 is 5.41 Å². The molecule has 1 aliphatic rings. The number of halogens is 1. The molecule has 0 saturated heterocycles. The van der Waals surface area contributed by atoms with E-state index in [0.717, 1.165) is 5.56 Å². The summed E-state index contributed by atoms with van der Waals surface area (Å²) in [6.45, 7) is 4.69. The van der Waals surface area contributed by atoms with Crippen LogP contribution >= 0.6 is 0 Å². The van der Waals surface area contributed by atoms with Crippen LogP contribution in [0, 0.1) is 5.82 Å². The Balaban J connectivity index is 1.82. The van der Waals surface area contributed by atoms with Crippen LogP contribution in [0.2, 0.25) is 0 Å². The van der Waals surface area contributed by atoms with Crippen LogP contribution in [-0.2, 0) is 10.2 Å². The molecule has 4 nitrogen and oxygen atoms in total. The predicted octanol–water partition coefficient (Wildman–Crippen LogP) is 3.51. The van der Waals surface area contributed by atoms with Crippen LogP contribution in [0.15, 0.2) is 42.5 Å². The molecule has 1 N–H and O–H groups in total. The minimum Gasteiger partial charge on any atom is -0.486 e. The quantitative estimate of drug-likeness (QED) is 0.943. The van der Waals surface area contributed by atoms with Crippen molar-refractivity contribution >= 4 is 11.6 Å². The second-order valence-electron chi connectivity index (χ2n) is 5.94. The summed E-state index contributed by atoms with van der Waals surface area (Å²) in [6, 6.07) is 11.2. The van der Waals surface area contributed by atoms with Crippen molar-refractivity contribution in [2.75, 3.05) is 18.5 Å². The first-order valence-electron chi connectivity index (χ1n) is 7.44. The summed E-state index contributed by atoms with van der Waals surface area (Å²) < 4.78 is 24.0. The zero-order chi connectivity index (χ0) is 16.4. The fourth-order valence-corrected chi connectivity index (χ4v) is 2.38. The van der Waals surface area contributed by atoms with E-state index in [-0.39, 0.29) is 11.7 Å². The molecule has 3 rings (SSSR count). The number of amides is 1. The molecule has 0 aromatic heterocycles. The molecule has 0 bridgehead atoms. The third-order valence-electron chi connectivity index (χ3n) is 3.93. The Bertz CT molecular complexity index is 726. The van der Waals surface area contributed by atoms with Gasteiger partial charge in [0.05, 0.1) is 5.41 Å². The average Bonchev–Trinajstić information content (AvgIpc) is 2.56. The fraction of sp³-hybridized carbons (Fsp3) is 0.278. The van der Waals surface area contributed by atoms with Crippen LogP contribution in [0.1, 0.15) is 19.4 Å². The average molecular weight is 315 g/mol. The van der Waals surface area contributed by atoms with E-state index in [4.69, 9.17) is 9.47 Å². The Morgan fingerprint density at radius 3 is 2.39 bits per heavy atom. The third kappa shape index (κ3) is 3.13. The zero-order valence-electron chi connectivity index (χ0n) is 13.1. The summed E-state index contributed by atoms with van der Waals surface area (Å²) in [7, 11) is 0. The maximum atomic E-state index is 12.9. The molecule has 2 aromatic carbocycles. The SMILES string of the molecule is CC(C)(C(=O)Nc1ccc(F)cc1)c1ccc2c(c1)OCCO2. The minimum absolute atomic E-state index is 0.180. The largest absolute Gasteiger partial charge is 0.486 e. The van der Waals surface area contributed by atoms with Crippen molar-refractivity contribution in [3.8, 4) is 11.5 Å². The lowest BCUT2D eigenvalue weighted by molar-refractivity contribution is -0.120. The summed E-state index contributed by atoms with van der Waals surface area (Å²) >= 11 is 0. The lowest BCUT2D eigenvalue weighted by Crippen LogP contribution is -2.34. The fourth-order valence-electron chi connectivity index (χ4n) is 2.38. The molecule has 0 radical (unpaired) electrons. The van der Waals surface area contributed by atoms with E-state index in [1.54, 1.807) is 0 Å². The Morgan fingerprint density at radius 1 is 1.04 bits per heavy atom. The van der Waals surface area contributed by atoms with Gasteiger partial charge in [0.15, 0.2) is 11.5 Å². The highest BCUT2D eigenvalue weighted by Crippen LogP contribution is 2.35. The van der Waals surface area contributed by atoms with E-state index in [1.165, 1.54) is 24.3 Å². The van der Waals surface area contributed by atoms with Crippen LogP contribution in [-0.4, -0.2) is 19.1 Å². The van der Waals surface area contributed by atoms with Gasteiger partial charge in [-0.25, -0.2) is 4.39 Å². The van der Waals surface area contributed by atoms with Crippen molar-refractivity contribution in [3.63, 3.8) is 0 Å². The van der Waals surface area contributed by atoms with Gasteiger partial charge in [0.2, 0.25) is 5.91 Å². The van der Waals surface area contributed by atoms with E-state index in [2.05, 4.69) is 5.32 Å². The minimum atomic E-state index is -0.774. The Morgan fingerprint density at radius 2 is 1.70 bits per heavy atom. The molecule has 0 saturated carbocycles. The topological polar surface area (TPSA) is 47.6 Å². The molecule has 0 aliphatic carbocycles. The smallest absolute Gasteiger partial charge is 0.234 e. The Kier molecular flexibility index (Phi) is 3.94. The van der Waals surface area contributed by atoms with Gasteiger partial charge in [-0.3, -0.25) is 4.79 Å². The molecule has 23 heavy (non-hydrogen) atoms. The highest BCUT2D eigenvalue weighted by Gasteiger charge is 2.31. The summed E-state index contributed by atoms with van der Waals surface area (Å²) in [6.07, 6.45) is 0. The molecule has 0 atom stereocenters. The maximum Gasteiger partial charge on any atom is 0.234 e. The number of hydrogen-bond acceptors (Lipinski definition) is 3. The van der Waals surface area contributed by atoms with Crippen molar-refractivity contribution in [2.24, 2.45) is 0 Å². The van der Waals surface area contributed by atoms with Crippen molar-refractivity contribution in [1.29, 1.82) is 0 Å². The number of hydrogen-bond donors (Lipinski definition) is 1. The zero-order valence-corrected chi connectivity index (χ0v) is 13.1. The van der Waals surface area contributed by atoms with Crippen LogP contribution in [0.25, 0.3) is 0 Å². The number of carbonyl (C=O) groups excluding carboxylic acids is 1. The second kappa shape index (κ2) is 5.91. The maximum absolute atomic E-state index is 12.9. The number of rotatable bonds is 3. The van der Waals surface area contributed by atoms with E-state index in [0.29, 0.717) is 30.4 Å². The first-order valence-corrected chi connectivity index (χ1v) is 7.44. The number of carbonyl (C=O) groups is 1. The van der Waals surface area contributed by atoms with Gasteiger partial charge >= 0.3 is 0 Å². The molecule has 5 heteroatoms. The van der Waals surface area contributed by atoms with Gasteiger partial charge < -0.3 is 14.8 Å². The van der Waals surface area contributed by atoms with Crippen LogP contribution in [0.4, 0.5) is 10.1 Å². The lowest BCUT2D eigenvalue weighted by Gasteiger charge is -2.26. The summed E-state index contributed by atoms with van der Waals surface area (Å²) in [4.78, 5) is 12.6. The first kappa shape index (κ1) is 15.3. The van der Waals surface area contributed by atoms with Crippen molar-refractivity contribution in [2.45, 2.75) is 19.3 Å². The number of benzene rings is 2. The molecule has 1 heterocycles. The monoisotopic (exact) mass is 315 g/mol. The summed E-state index contributed by atoms with van der Waals surface area (Å²) in [5, 5.41) is 2.81. The molecular weight excluding hydrogens is 297 g/mol. The standard InChI is InChI=1S/C18H18FNO3/c1-18(2,17(21)20-14-6-4-13(19)5-7-14)12-3-8-15-16(11-12)23-10-9-22-15/h3-8,11H,9-10H2,1-2H3,(H,20,21). The highest BCUT2D eigenvalue weighted by atomic mass is 19.1. The van der Waals surface area contributed by atoms with Gasteiger partial charge in [-0.05, 0) is 55.8 Å². The first-order chi connectivity index (χ1) is 11.0. The second-order valence-corrected chi connectivity index (χ2v) is 5.94.